The lowest BCUT2D eigenvalue weighted by Gasteiger charge is -2.38. The molecule has 1 aromatic rings. The summed E-state index contributed by atoms with van der Waals surface area (Å²) in [6.07, 6.45) is 0. The molecule has 1 aromatic carbocycles. The summed E-state index contributed by atoms with van der Waals surface area (Å²) >= 11 is 0. The van der Waals surface area contributed by atoms with E-state index in [4.69, 9.17) is 4.74 Å². The van der Waals surface area contributed by atoms with Crippen molar-refractivity contribution in [1.29, 1.82) is 0 Å². The second-order valence-electron chi connectivity index (χ2n) is 6.67. The van der Waals surface area contributed by atoms with Gasteiger partial charge in [0.1, 0.15) is 5.75 Å². The Morgan fingerprint density at radius 1 is 1.15 bits per heavy atom. The number of hydrogen-bond acceptors (Lipinski definition) is 4. The van der Waals surface area contributed by atoms with Gasteiger partial charge in [-0.1, -0.05) is 13.8 Å². The number of ether oxygens (including phenoxy) is 1. The van der Waals surface area contributed by atoms with Gasteiger partial charge in [-0.2, -0.15) is 0 Å². The van der Waals surface area contributed by atoms with E-state index in [1.165, 1.54) is 5.69 Å². The third-order valence-corrected chi connectivity index (χ3v) is 5.22. The van der Waals surface area contributed by atoms with E-state index < -0.39 is 0 Å². The molecule has 1 heterocycles. The molecule has 2 rings (SSSR count). The summed E-state index contributed by atoms with van der Waals surface area (Å²) in [7, 11) is 3.58. The number of methoxy groups -OCH3 is 1. The Balaban J connectivity index is 1.84. The highest BCUT2D eigenvalue weighted by molar-refractivity contribution is 5.80. The Labute approximate surface area is 158 Å². The zero-order valence-corrected chi connectivity index (χ0v) is 17.0. The molecule has 1 fully saturated rings. The van der Waals surface area contributed by atoms with Crippen LogP contribution in [0.1, 0.15) is 20.8 Å². The molecule has 1 unspecified atom stereocenters. The molecular formula is C20H35N5O. The highest BCUT2D eigenvalue weighted by Crippen LogP contribution is 2.20. The van der Waals surface area contributed by atoms with E-state index in [9.17, 15) is 0 Å². The molecule has 146 valence electrons. The molecule has 1 aliphatic rings. The molecule has 0 amide bonds. The summed E-state index contributed by atoms with van der Waals surface area (Å²) in [5.74, 6) is 1.91. The lowest BCUT2D eigenvalue weighted by molar-refractivity contribution is 0.229. The summed E-state index contributed by atoms with van der Waals surface area (Å²) in [4.78, 5) is 11.7. The number of nitrogens with zero attached hydrogens (tertiary/aromatic N) is 4. The minimum absolute atomic E-state index is 0.502. The SMILES string of the molecule is CCN(CC)C(C)CNC(=NC)N1CCN(c2ccc(OC)cc2)CC1. The summed E-state index contributed by atoms with van der Waals surface area (Å²) in [6.45, 7) is 13.7. The number of anilines is 1. The second kappa shape index (κ2) is 10.3. The molecule has 0 spiro atoms. The van der Waals surface area contributed by atoms with Gasteiger partial charge < -0.3 is 19.9 Å². The monoisotopic (exact) mass is 361 g/mol. The van der Waals surface area contributed by atoms with E-state index in [1.807, 2.05) is 19.2 Å². The number of nitrogens with one attached hydrogen (secondary N) is 1. The fourth-order valence-corrected chi connectivity index (χ4v) is 3.52. The first-order valence-corrected chi connectivity index (χ1v) is 9.71. The first kappa shape index (κ1) is 20.4. The van der Waals surface area contributed by atoms with Crippen LogP contribution in [0.25, 0.3) is 0 Å². The van der Waals surface area contributed by atoms with Gasteiger partial charge in [0, 0.05) is 51.5 Å². The van der Waals surface area contributed by atoms with Gasteiger partial charge in [0.2, 0.25) is 0 Å². The number of benzene rings is 1. The molecule has 1 atom stereocenters. The lowest BCUT2D eigenvalue weighted by atomic mass is 10.2. The standard InChI is InChI=1S/C20H35N5O/c1-6-23(7-2)17(3)16-22-20(21-4)25-14-12-24(13-15-25)18-8-10-19(26-5)11-9-18/h8-11,17H,6-7,12-16H2,1-5H3,(H,21,22). The van der Waals surface area contributed by atoms with Crippen LogP contribution in [0, 0.1) is 0 Å². The van der Waals surface area contributed by atoms with Crippen LogP contribution in [-0.4, -0.2) is 81.8 Å². The largest absolute Gasteiger partial charge is 0.497 e. The van der Waals surface area contributed by atoms with Gasteiger partial charge in [0.15, 0.2) is 5.96 Å². The fourth-order valence-electron chi connectivity index (χ4n) is 3.52. The maximum Gasteiger partial charge on any atom is 0.193 e. The van der Waals surface area contributed by atoms with Crippen LogP contribution in [-0.2, 0) is 0 Å². The van der Waals surface area contributed by atoms with E-state index >= 15 is 0 Å². The van der Waals surface area contributed by atoms with Crippen LogP contribution < -0.4 is 15.0 Å². The Hall–Kier alpha value is -1.95. The van der Waals surface area contributed by atoms with Crippen molar-refractivity contribution in [2.24, 2.45) is 4.99 Å². The highest BCUT2D eigenvalue weighted by Gasteiger charge is 2.20. The van der Waals surface area contributed by atoms with Gasteiger partial charge in [0.25, 0.3) is 0 Å². The number of guanidine groups is 1. The van der Waals surface area contributed by atoms with Crippen molar-refractivity contribution in [2.45, 2.75) is 26.8 Å². The van der Waals surface area contributed by atoms with Crippen molar-refractivity contribution in [1.82, 2.24) is 15.1 Å². The molecule has 6 heteroatoms. The van der Waals surface area contributed by atoms with Crippen molar-refractivity contribution >= 4 is 11.6 Å². The van der Waals surface area contributed by atoms with Crippen LogP contribution >= 0.6 is 0 Å². The molecule has 1 N–H and O–H groups in total. The number of aliphatic imine (C=N–C) groups is 1. The number of hydrogen-bond donors (Lipinski definition) is 1. The Morgan fingerprint density at radius 3 is 2.27 bits per heavy atom. The third-order valence-electron chi connectivity index (χ3n) is 5.22. The van der Waals surface area contributed by atoms with Crippen LogP contribution in [0.15, 0.2) is 29.3 Å². The molecule has 0 bridgehead atoms. The highest BCUT2D eigenvalue weighted by atomic mass is 16.5. The van der Waals surface area contributed by atoms with Crippen LogP contribution in [0.4, 0.5) is 5.69 Å². The second-order valence-corrected chi connectivity index (χ2v) is 6.67. The molecule has 1 saturated heterocycles. The van der Waals surface area contributed by atoms with Crippen LogP contribution in [0.3, 0.4) is 0 Å². The molecule has 0 aliphatic carbocycles. The molecule has 6 nitrogen and oxygen atoms in total. The average Bonchev–Trinajstić information content (AvgIpc) is 2.70. The predicted octanol–water partition coefficient (Wildman–Crippen LogP) is 2.12. The molecule has 0 radical (unpaired) electrons. The molecule has 0 saturated carbocycles. The maximum absolute atomic E-state index is 5.24. The summed E-state index contributed by atoms with van der Waals surface area (Å²) < 4.78 is 5.24. The summed E-state index contributed by atoms with van der Waals surface area (Å²) in [5.41, 5.74) is 1.25. The van der Waals surface area contributed by atoms with Crippen molar-refractivity contribution in [2.75, 3.05) is 64.9 Å². The van der Waals surface area contributed by atoms with Crippen molar-refractivity contribution in [3.05, 3.63) is 24.3 Å². The Morgan fingerprint density at radius 2 is 1.77 bits per heavy atom. The third kappa shape index (κ3) is 5.27. The summed E-state index contributed by atoms with van der Waals surface area (Å²) in [6, 6.07) is 8.82. The van der Waals surface area contributed by atoms with E-state index in [-0.39, 0.29) is 0 Å². The van der Waals surface area contributed by atoms with Gasteiger partial charge in [0.05, 0.1) is 7.11 Å². The zero-order chi connectivity index (χ0) is 18.9. The van der Waals surface area contributed by atoms with E-state index in [2.05, 4.69) is 57.9 Å². The first-order valence-electron chi connectivity index (χ1n) is 9.71. The lowest BCUT2D eigenvalue weighted by Crippen LogP contribution is -2.54. The minimum atomic E-state index is 0.502. The van der Waals surface area contributed by atoms with Gasteiger partial charge >= 0.3 is 0 Å². The molecular weight excluding hydrogens is 326 g/mol. The number of piperazine rings is 1. The molecule has 1 aliphatic heterocycles. The van der Waals surface area contributed by atoms with Crippen molar-refractivity contribution in [3.8, 4) is 5.75 Å². The van der Waals surface area contributed by atoms with Gasteiger partial charge in [-0.05, 0) is 44.3 Å². The van der Waals surface area contributed by atoms with Gasteiger partial charge in [-0.25, -0.2) is 0 Å². The normalized spacial score (nSPS) is 16.8. The molecule has 0 aromatic heterocycles. The predicted molar refractivity (Wildman–Crippen MR) is 111 cm³/mol. The van der Waals surface area contributed by atoms with Crippen LogP contribution in [0.2, 0.25) is 0 Å². The Kier molecular flexibility index (Phi) is 8.04. The Bertz CT molecular complexity index is 548. The average molecular weight is 362 g/mol. The zero-order valence-electron chi connectivity index (χ0n) is 17.0. The fraction of sp³-hybridized carbons (Fsp3) is 0.650. The quantitative estimate of drug-likeness (QED) is 0.595. The van der Waals surface area contributed by atoms with E-state index in [1.54, 1.807) is 7.11 Å². The molecule has 26 heavy (non-hydrogen) atoms. The van der Waals surface area contributed by atoms with Gasteiger partial charge in [-0.15, -0.1) is 0 Å². The topological polar surface area (TPSA) is 43.3 Å². The smallest absolute Gasteiger partial charge is 0.193 e. The van der Waals surface area contributed by atoms with Crippen molar-refractivity contribution in [3.63, 3.8) is 0 Å². The van der Waals surface area contributed by atoms with E-state index in [0.29, 0.717) is 6.04 Å². The first-order chi connectivity index (χ1) is 12.6. The van der Waals surface area contributed by atoms with E-state index in [0.717, 1.165) is 57.5 Å². The van der Waals surface area contributed by atoms with Crippen molar-refractivity contribution < 1.29 is 4.74 Å². The van der Waals surface area contributed by atoms with Crippen LogP contribution in [0.5, 0.6) is 5.75 Å². The number of rotatable bonds is 7. The summed E-state index contributed by atoms with van der Waals surface area (Å²) in [5, 5.41) is 3.56. The minimum Gasteiger partial charge on any atom is -0.497 e. The number of likely N-dealkylation sites (N-methyl/N-ethyl adjacent to an activating group) is 1. The van der Waals surface area contributed by atoms with Gasteiger partial charge in [-0.3, -0.25) is 9.89 Å². The maximum atomic E-state index is 5.24.